The van der Waals surface area contributed by atoms with E-state index in [-0.39, 0.29) is 0 Å². The lowest BCUT2D eigenvalue weighted by Gasteiger charge is -2.33. The van der Waals surface area contributed by atoms with Crippen molar-refractivity contribution in [3.63, 3.8) is 0 Å². The average molecular weight is 435 g/mol. The molecule has 0 radical (unpaired) electrons. The van der Waals surface area contributed by atoms with E-state index in [1.54, 1.807) is 6.21 Å². The molecule has 0 unspecified atom stereocenters. The molecule has 166 valence electrons. The van der Waals surface area contributed by atoms with Gasteiger partial charge in [0.25, 0.3) is 0 Å². The Hall–Kier alpha value is -4.05. The zero-order valence-corrected chi connectivity index (χ0v) is 19.3. The van der Waals surface area contributed by atoms with Gasteiger partial charge in [0.05, 0.1) is 0 Å². The maximum Gasteiger partial charge on any atom is 0.130 e. The standard InChI is InChI=1S/C29H30N4/c1-5-31-29(32-25-14-13-20(2)28(30)19-25)17-21(3)24-10-8-11-26(18-24)33-16-15-23-9-6-7-12-27(23)22(33)4/h5-14,17-19,32H,3-4,15-16,30H2,1-2H3/b29-17+,31-5-. The third kappa shape index (κ3) is 4.90. The van der Waals surface area contributed by atoms with E-state index < -0.39 is 0 Å². The van der Waals surface area contributed by atoms with Gasteiger partial charge < -0.3 is 16.0 Å². The predicted octanol–water partition coefficient (Wildman–Crippen LogP) is 6.67. The number of anilines is 3. The van der Waals surface area contributed by atoms with Gasteiger partial charge in [0.2, 0.25) is 0 Å². The third-order valence-electron chi connectivity index (χ3n) is 5.92. The van der Waals surface area contributed by atoms with Gasteiger partial charge in [-0.1, -0.05) is 55.6 Å². The van der Waals surface area contributed by atoms with Crippen molar-refractivity contribution in [3.05, 3.63) is 114 Å². The number of aliphatic imine (C=N–C) groups is 1. The van der Waals surface area contributed by atoms with E-state index in [2.05, 4.69) is 76.9 Å². The van der Waals surface area contributed by atoms with Crippen LogP contribution in [0.15, 0.2) is 96.8 Å². The quantitative estimate of drug-likeness (QED) is 0.259. The first-order valence-corrected chi connectivity index (χ1v) is 11.1. The lowest BCUT2D eigenvalue weighted by molar-refractivity contribution is 0.885. The van der Waals surface area contributed by atoms with Gasteiger partial charge in [-0.3, -0.25) is 0 Å². The topological polar surface area (TPSA) is 53.6 Å². The van der Waals surface area contributed by atoms with Crippen LogP contribution < -0.4 is 16.0 Å². The van der Waals surface area contributed by atoms with Crippen molar-refractivity contribution in [2.24, 2.45) is 4.99 Å². The number of nitrogens with zero attached hydrogens (tertiary/aromatic N) is 2. The van der Waals surface area contributed by atoms with Crippen LogP contribution in [-0.4, -0.2) is 12.8 Å². The first-order chi connectivity index (χ1) is 16.0. The second kappa shape index (κ2) is 9.61. The lowest BCUT2D eigenvalue weighted by atomic mass is 9.96. The minimum absolute atomic E-state index is 0.701. The molecule has 1 heterocycles. The van der Waals surface area contributed by atoms with E-state index in [0.29, 0.717) is 5.82 Å². The number of nitrogens with two attached hydrogens (primary N) is 1. The minimum atomic E-state index is 0.701. The van der Waals surface area contributed by atoms with Crippen LogP contribution in [0, 0.1) is 6.92 Å². The number of fused-ring (bicyclic) bond motifs is 1. The summed E-state index contributed by atoms with van der Waals surface area (Å²) in [5.41, 5.74) is 15.4. The summed E-state index contributed by atoms with van der Waals surface area (Å²) in [5.74, 6) is 0.701. The molecule has 3 aromatic carbocycles. The summed E-state index contributed by atoms with van der Waals surface area (Å²) in [4.78, 5) is 6.76. The molecule has 3 N–H and O–H groups in total. The summed E-state index contributed by atoms with van der Waals surface area (Å²) in [6, 6.07) is 22.8. The highest BCUT2D eigenvalue weighted by molar-refractivity contribution is 5.83. The van der Waals surface area contributed by atoms with Crippen molar-refractivity contribution in [1.29, 1.82) is 0 Å². The number of allylic oxidation sites excluding steroid dienone is 2. The molecule has 1 aliphatic heterocycles. The average Bonchev–Trinajstić information content (AvgIpc) is 2.82. The Bertz CT molecular complexity index is 1270. The van der Waals surface area contributed by atoms with Crippen LogP contribution in [0.1, 0.15) is 29.2 Å². The molecule has 4 nitrogen and oxygen atoms in total. The smallest absolute Gasteiger partial charge is 0.130 e. The van der Waals surface area contributed by atoms with E-state index >= 15 is 0 Å². The molecule has 0 aromatic heterocycles. The summed E-state index contributed by atoms with van der Waals surface area (Å²) in [6.45, 7) is 13.5. The van der Waals surface area contributed by atoms with Crippen molar-refractivity contribution >= 4 is 34.5 Å². The Labute approximate surface area is 196 Å². The second-order valence-corrected chi connectivity index (χ2v) is 8.19. The van der Waals surface area contributed by atoms with Gasteiger partial charge in [-0.15, -0.1) is 0 Å². The molecule has 1 aliphatic rings. The molecule has 0 fully saturated rings. The highest BCUT2D eigenvalue weighted by Gasteiger charge is 2.20. The number of hydrogen-bond acceptors (Lipinski definition) is 4. The third-order valence-corrected chi connectivity index (χ3v) is 5.92. The fraction of sp³-hybridized carbons (Fsp3) is 0.138. The van der Waals surface area contributed by atoms with E-state index in [1.165, 1.54) is 11.1 Å². The zero-order chi connectivity index (χ0) is 23.4. The molecule has 0 aliphatic carbocycles. The lowest BCUT2D eigenvalue weighted by Crippen LogP contribution is -2.28. The minimum Gasteiger partial charge on any atom is -0.398 e. The molecule has 0 amide bonds. The summed E-state index contributed by atoms with van der Waals surface area (Å²) < 4.78 is 0. The Kier molecular flexibility index (Phi) is 6.45. The van der Waals surface area contributed by atoms with Crippen LogP contribution in [0.5, 0.6) is 0 Å². The predicted molar refractivity (Wildman–Crippen MR) is 143 cm³/mol. The van der Waals surface area contributed by atoms with Crippen LogP contribution in [-0.2, 0) is 6.42 Å². The number of nitrogen functional groups attached to an aromatic ring is 1. The first-order valence-electron chi connectivity index (χ1n) is 11.1. The molecule has 4 heteroatoms. The van der Waals surface area contributed by atoms with Crippen LogP contribution >= 0.6 is 0 Å². The van der Waals surface area contributed by atoms with E-state index in [0.717, 1.165) is 52.4 Å². The molecule has 33 heavy (non-hydrogen) atoms. The fourth-order valence-electron chi connectivity index (χ4n) is 4.05. The van der Waals surface area contributed by atoms with E-state index in [1.807, 2.05) is 38.1 Å². The van der Waals surface area contributed by atoms with Crippen LogP contribution in [0.25, 0.3) is 11.3 Å². The van der Waals surface area contributed by atoms with Gasteiger partial charge in [0.1, 0.15) is 5.82 Å². The molecule has 4 rings (SSSR count). The number of aryl methyl sites for hydroxylation is 1. The van der Waals surface area contributed by atoms with Gasteiger partial charge in [-0.05, 0) is 72.9 Å². The Morgan fingerprint density at radius 3 is 2.70 bits per heavy atom. The van der Waals surface area contributed by atoms with Crippen LogP contribution in [0.2, 0.25) is 0 Å². The van der Waals surface area contributed by atoms with Crippen molar-refractivity contribution in [2.75, 3.05) is 22.5 Å². The monoisotopic (exact) mass is 434 g/mol. The van der Waals surface area contributed by atoms with Gasteiger partial charge in [-0.25, -0.2) is 4.99 Å². The Morgan fingerprint density at radius 1 is 1.09 bits per heavy atom. The Balaban J connectivity index is 1.58. The normalized spacial score (nSPS) is 13.8. The molecule has 0 spiro atoms. The molecular formula is C29H30N4. The highest BCUT2D eigenvalue weighted by Crippen LogP contribution is 2.33. The summed E-state index contributed by atoms with van der Waals surface area (Å²) in [5, 5.41) is 3.34. The fourth-order valence-corrected chi connectivity index (χ4v) is 4.05. The number of rotatable bonds is 6. The van der Waals surface area contributed by atoms with Gasteiger partial charge in [0, 0.05) is 41.1 Å². The Morgan fingerprint density at radius 2 is 1.91 bits per heavy atom. The second-order valence-electron chi connectivity index (χ2n) is 8.19. The molecule has 0 bridgehead atoms. The first kappa shape index (κ1) is 22.2. The number of benzene rings is 3. The van der Waals surface area contributed by atoms with Crippen molar-refractivity contribution in [2.45, 2.75) is 20.3 Å². The van der Waals surface area contributed by atoms with Crippen LogP contribution in [0.4, 0.5) is 17.1 Å². The van der Waals surface area contributed by atoms with Crippen molar-refractivity contribution in [3.8, 4) is 0 Å². The van der Waals surface area contributed by atoms with Gasteiger partial charge in [0.15, 0.2) is 0 Å². The number of nitrogens with one attached hydrogen (secondary N) is 1. The molecule has 0 atom stereocenters. The largest absolute Gasteiger partial charge is 0.398 e. The highest BCUT2D eigenvalue weighted by atomic mass is 15.1. The van der Waals surface area contributed by atoms with Crippen molar-refractivity contribution in [1.82, 2.24) is 0 Å². The maximum absolute atomic E-state index is 6.06. The van der Waals surface area contributed by atoms with E-state index in [9.17, 15) is 0 Å². The maximum atomic E-state index is 6.06. The molecule has 0 saturated heterocycles. The molecule has 3 aromatic rings. The van der Waals surface area contributed by atoms with Crippen LogP contribution in [0.3, 0.4) is 0 Å². The van der Waals surface area contributed by atoms with Crippen molar-refractivity contribution < 1.29 is 0 Å². The summed E-state index contributed by atoms with van der Waals surface area (Å²) in [6.07, 6.45) is 4.71. The summed E-state index contributed by atoms with van der Waals surface area (Å²) in [7, 11) is 0. The summed E-state index contributed by atoms with van der Waals surface area (Å²) >= 11 is 0. The van der Waals surface area contributed by atoms with E-state index in [4.69, 9.17) is 5.73 Å². The molecular weight excluding hydrogens is 404 g/mol. The number of hydrogen-bond donors (Lipinski definition) is 2. The van der Waals surface area contributed by atoms with Gasteiger partial charge in [-0.2, -0.15) is 0 Å². The molecule has 0 saturated carbocycles. The SMILES string of the molecule is C=C(/C=C(\N=C/C)Nc1ccc(C)c(N)c1)c1cccc(N2CCc3ccccc3C2=C)c1. The van der Waals surface area contributed by atoms with Gasteiger partial charge >= 0.3 is 0 Å². The zero-order valence-electron chi connectivity index (χ0n) is 19.3.